The molecule has 23 heavy (non-hydrogen) atoms. The van der Waals surface area contributed by atoms with E-state index in [-0.39, 0.29) is 23.7 Å². The highest BCUT2D eigenvalue weighted by molar-refractivity contribution is 5.97. The minimum Gasteiger partial charge on any atom is -0.372 e. The Hall–Kier alpha value is -2.32. The molecule has 1 aromatic rings. The largest absolute Gasteiger partial charge is 0.372 e. The normalized spacial score (nSPS) is 24.3. The molecular formula is C18H21N3O2. The number of anilines is 1. The second-order valence-corrected chi connectivity index (χ2v) is 6.19. The van der Waals surface area contributed by atoms with E-state index < -0.39 is 0 Å². The molecule has 1 saturated heterocycles. The Morgan fingerprint density at radius 2 is 2.00 bits per heavy atom. The van der Waals surface area contributed by atoms with Crippen LogP contribution in [0.1, 0.15) is 19.4 Å². The molecule has 1 amide bonds. The van der Waals surface area contributed by atoms with Crippen molar-refractivity contribution in [3.05, 3.63) is 41.6 Å². The first-order chi connectivity index (χ1) is 11.1. The Morgan fingerprint density at radius 3 is 2.70 bits per heavy atom. The van der Waals surface area contributed by atoms with E-state index in [9.17, 15) is 10.1 Å². The van der Waals surface area contributed by atoms with Gasteiger partial charge in [0, 0.05) is 31.5 Å². The average molecular weight is 311 g/mol. The van der Waals surface area contributed by atoms with E-state index >= 15 is 0 Å². The number of morpholine rings is 1. The van der Waals surface area contributed by atoms with Crippen LogP contribution >= 0.6 is 0 Å². The van der Waals surface area contributed by atoms with Crippen LogP contribution in [0.25, 0.3) is 0 Å². The van der Waals surface area contributed by atoms with Gasteiger partial charge in [0.05, 0.1) is 12.2 Å². The highest BCUT2D eigenvalue weighted by Crippen LogP contribution is 2.28. The average Bonchev–Trinajstić information content (AvgIpc) is 2.94. The number of nitrogens with zero attached hydrogens (tertiary/aromatic N) is 3. The Morgan fingerprint density at radius 1 is 1.30 bits per heavy atom. The highest BCUT2D eigenvalue weighted by atomic mass is 16.5. The lowest BCUT2D eigenvalue weighted by Crippen LogP contribution is -2.48. The summed E-state index contributed by atoms with van der Waals surface area (Å²) in [6, 6.07) is 10.2. The number of nitriles is 1. The predicted octanol–water partition coefficient (Wildman–Crippen LogP) is 2.09. The third kappa shape index (κ3) is 3.22. The van der Waals surface area contributed by atoms with Crippen LogP contribution in [0.3, 0.4) is 0 Å². The lowest BCUT2D eigenvalue weighted by atomic mass is 10.1. The fourth-order valence-electron chi connectivity index (χ4n) is 3.30. The summed E-state index contributed by atoms with van der Waals surface area (Å²) in [5.41, 5.74) is 2.52. The molecule has 2 heterocycles. The summed E-state index contributed by atoms with van der Waals surface area (Å²) in [4.78, 5) is 16.4. The molecule has 1 aromatic carbocycles. The van der Waals surface area contributed by atoms with Crippen LogP contribution < -0.4 is 4.90 Å². The van der Waals surface area contributed by atoms with Gasteiger partial charge < -0.3 is 14.5 Å². The van der Waals surface area contributed by atoms with E-state index in [1.807, 2.05) is 36.9 Å². The Kier molecular flexibility index (Phi) is 4.35. The van der Waals surface area contributed by atoms with Crippen molar-refractivity contribution in [2.24, 2.45) is 0 Å². The molecule has 2 aliphatic rings. The van der Waals surface area contributed by atoms with Crippen LogP contribution in [0, 0.1) is 11.3 Å². The van der Waals surface area contributed by atoms with Crippen molar-refractivity contribution in [1.29, 1.82) is 5.26 Å². The molecule has 5 nitrogen and oxygen atoms in total. The number of carbonyl (C=O) groups excluding carboxylic acids is 1. The third-order valence-electron chi connectivity index (χ3n) is 4.27. The molecule has 0 spiro atoms. The maximum Gasteiger partial charge on any atom is 0.266 e. The third-order valence-corrected chi connectivity index (χ3v) is 4.27. The molecule has 120 valence electrons. The molecule has 1 fully saturated rings. The van der Waals surface area contributed by atoms with Crippen LogP contribution in [0.2, 0.25) is 0 Å². The zero-order chi connectivity index (χ0) is 16.4. The van der Waals surface area contributed by atoms with Crippen molar-refractivity contribution < 1.29 is 9.53 Å². The van der Waals surface area contributed by atoms with Gasteiger partial charge in [-0.25, -0.2) is 0 Å². The second-order valence-electron chi connectivity index (χ2n) is 6.19. The van der Waals surface area contributed by atoms with E-state index in [0.717, 1.165) is 18.7 Å². The van der Waals surface area contributed by atoms with Gasteiger partial charge in [0.25, 0.3) is 5.91 Å². The molecular weight excluding hydrogens is 290 g/mol. The van der Waals surface area contributed by atoms with Gasteiger partial charge in [-0.05, 0) is 31.9 Å². The number of rotatable bonds is 2. The van der Waals surface area contributed by atoms with Gasteiger partial charge in [-0.1, -0.05) is 18.2 Å². The van der Waals surface area contributed by atoms with Crippen molar-refractivity contribution in [2.75, 3.05) is 24.5 Å². The van der Waals surface area contributed by atoms with Gasteiger partial charge in [-0.15, -0.1) is 0 Å². The smallest absolute Gasteiger partial charge is 0.266 e. The lowest BCUT2D eigenvalue weighted by Gasteiger charge is -2.35. The van der Waals surface area contributed by atoms with E-state index in [1.54, 1.807) is 11.1 Å². The molecule has 0 bridgehead atoms. The molecule has 3 rings (SSSR count). The van der Waals surface area contributed by atoms with E-state index in [4.69, 9.17) is 4.74 Å². The number of ether oxygens (including phenoxy) is 1. The van der Waals surface area contributed by atoms with Crippen LogP contribution in [0.5, 0.6) is 0 Å². The van der Waals surface area contributed by atoms with Gasteiger partial charge in [-0.3, -0.25) is 4.79 Å². The van der Waals surface area contributed by atoms with Crippen LogP contribution in [-0.4, -0.2) is 42.6 Å². The standard InChI is InChI=1S/C18H21N3O2/c1-13-10-21(11-14(2)23-13)18(22)16(9-19)12-20-8-7-15-5-3-4-6-17(15)20/h3-6,12-14H,7-8,10-11H2,1-2H3/b16-12-. The van der Waals surface area contributed by atoms with Gasteiger partial charge in [0.1, 0.15) is 11.6 Å². The number of carbonyl (C=O) groups is 1. The van der Waals surface area contributed by atoms with Crippen molar-refractivity contribution >= 4 is 11.6 Å². The molecule has 5 heteroatoms. The summed E-state index contributed by atoms with van der Waals surface area (Å²) in [5.74, 6) is -0.209. The molecule has 0 N–H and O–H groups in total. The van der Waals surface area contributed by atoms with Crippen molar-refractivity contribution in [3.8, 4) is 6.07 Å². The quantitative estimate of drug-likeness (QED) is 0.620. The zero-order valence-electron chi connectivity index (χ0n) is 13.5. The van der Waals surface area contributed by atoms with Gasteiger partial charge in [0.2, 0.25) is 0 Å². The SMILES string of the molecule is CC1CN(C(=O)/C(C#N)=C\N2CCc3ccccc32)CC(C)O1. The number of amides is 1. The first-order valence-corrected chi connectivity index (χ1v) is 7.99. The predicted molar refractivity (Wildman–Crippen MR) is 87.8 cm³/mol. The molecule has 0 aromatic heterocycles. The minimum absolute atomic E-state index is 0.00449. The summed E-state index contributed by atoms with van der Waals surface area (Å²) in [5, 5.41) is 9.44. The summed E-state index contributed by atoms with van der Waals surface area (Å²) >= 11 is 0. The number of fused-ring (bicyclic) bond motifs is 1. The van der Waals surface area contributed by atoms with Crippen LogP contribution in [0.15, 0.2) is 36.0 Å². The first-order valence-electron chi connectivity index (χ1n) is 7.99. The number of benzene rings is 1. The molecule has 2 aliphatic heterocycles. The zero-order valence-corrected chi connectivity index (χ0v) is 13.5. The van der Waals surface area contributed by atoms with Crippen LogP contribution in [0.4, 0.5) is 5.69 Å². The van der Waals surface area contributed by atoms with E-state index in [0.29, 0.717) is 13.1 Å². The Balaban J connectivity index is 1.80. The van der Waals surface area contributed by atoms with Crippen LogP contribution in [-0.2, 0) is 16.0 Å². The molecule has 0 radical (unpaired) electrons. The van der Waals surface area contributed by atoms with E-state index in [2.05, 4.69) is 12.1 Å². The van der Waals surface area contributed by atoms with Gasteiger partial charge >= 0.3 is 0 Å². The minimum atomic E-state index is -0.209. The van der Waals surface area contributed by atoms with Crippen molar-refractivity contribution in [3.63, 3.8) is 0 Å². The van der Waals surface area contributed by atoms with Crippen molar-refractivity contribution in [2.45, 2.75) is 32.5 Å². The van der Waals surface area contributed by atoms with Crippen molar-refractivity contribution in [1.82, 2.24) is 4.90 Å². The van der Waals surface area contributed by atoms with E-state index in [1.165, 1.54) is 5.56 Å². The summed E-state index contributed by atoms with van der Waals surface area (Å²) in [7, 11) is 0. The molecule has 2 atom stereocenters. The van der Waals surface area contributed by atoms with Gasteiger partial charge in [0.15, 0.2) is 0 Å². The summed E-state index contributed by atoms with van der Waals surface area (Å²) in [6.07, 6.45) is 2.62. The number of hydrogen-bond acceptors (Lipinski definition) is 4. The summed E-state index contributed by atoms with van der Waals surface area (Å²) < 4.78 is 5.65. The molecule has 0 saturated carbocycles. The Bertz CT molecular complexity index is 667. The fraction of sp³-hybridized carbons (Fsp3) is 0.444. The monoisotopic (exact) mass is 311 g/mol. The second kappa shape index (κ2) is 6.43. The van der Waals surface area contributed by atoms with Gasteiger partial charge in [-0.2, -0.15) is 5.26 Å². The fourth-order valence-corrected chi connectivity index (χ4v) is 3.30. The Labute approximate surface area is 136 Å². The number of hydrogen-bond donors (Lipinski definition) is 0. The topological polar surface area (TPSA) is 56.6 Å². The molecule has 0 aliphatic carbocycles. The first kappa shape index (κ1) is 15.6. The maximum absolute atomic E-state index is 12.7. The summed E-state index contributed by atoms with van der Waals surface area (Å²) in [6.45, 7) is 5.75. The number of para-hydroxylation sites is 1. The highest BCUT2D eigenvalue weighted by Gasteiger charge is 2.28. The maximum atomic E-state index is 12.7. The lowest BCUT2D eigenvalue weighted by molar-refractivity contribution is -0.138. The molecule has 2 unspecified atom stereocenters.